The Bertz CT molecular complexity index is 642. The smallest absolute Gasteiger partial charge is 0.161 e. The number of hydrazone groups is 1. The van der Waals surface area contributed by atoms with Gasteiger partial charge in [0.05, 0.1) is 20.4 Å². The fraction of sp³-hybridized carbons (Fsp3) is 0.125. The van der Waals surface area contributed by atoms with E-state index in [-0.39, 0.29) is 0 Å². The van der Waals surface area contributed by atoms with Crippen LogP contribution in [0.2, 0.25) is 0 Å². The molecule has 0 saturated carbocycles. The van der Waals surface area contributed by atoms with Gasteiger partial charge in [0.2, 0.25) is 0 Å². The number of nitrogens with one attached hydrogen (secondary N) is 1. The molecule has 0 bridgehead atoms. The Morgan fingerprint density at radius 1 is 1.05 bits per heavy atom. The molecule has 0 aliphatic rings. The zero-order valence-electron chi connectivity index (χ0n) is 11.9. The third-order valence-electron chi connectivity index (χ3n) is 2.82. The first-order valence-corrected chi connectivity index (χ1v) is 6.76. The van der Waals surface area contributed by atoms with E-state index in [1.165, 1.54) is 0 Å². The van der Waals surface area contributed by atoms with Crippen molar-refractivity contribution < 1.29 is 9.47 Å². The van der Waals surface area contributed by atoms with Gasteiger partial charge in [0.15, 0.2) is 11.5 Å². The predicted molar refractivity (Wildman–Crippen MR) is 88.4 cm³/mol. The molecule has 2 aromatic carbocycles. The highest BCUT2D eigenvalue weighted by atomic mass is 32.1. The summed E-state index contributed by atoms with van der Waals surface area (Å²) >= 11 is 5.25. The zero-order chi connectivity index (χ0) is 15.1. The molecule has 0 aliphatic carbocycles. The molecule has 0 aliphatic heterocycles. The summed E-state index contributed by atoms with van der Waals surface area (Å²) < 4.78 is 10.4. The summed E-state index contributed by atoms with van der Waals surface area (Å²) in [4.78, 5) is 0.576. The molecule has 21 heavy (non-hydrogen) atoms. The molecule has 0 heterocycles. The molecule has 5 heteroatoms. The van der Waals surface area contributed by atoms with Gasteiger partial charge in [-0.3, -0.25) is 5.43 Å². The summed E-state index contributed by atoms with van der Waals surface area (Å²) in [5, 5.41) is 4.14. The second-order valence-corrected chi connectivity index (χ2v) is 4.59. The topological polar surface area (TPSA) is 42.8 Å². The maximum atomic E-state index is 5.25. The van der Waals surface area contributed by atoms with Crippen LogP contribution in [-0.2, 0) is 0 Å². The lowest BCUT2D eigenvalue weighted by atomic mass is 10.2. The summed E-state index contributed by atoms with van der Waals surface area (Å²) in [5.41, 5.74) is 4.66. The van der Waals surface area contributed by atoms with Gasteiger partial charge in [-0.05, 0) is 23.8 Å². The molecular weight excluding hydrogens is 284 g/mol. The summed E-state index contributed by atoms with van der Waals surface area (Å²) in [6.45, 7) is 0. The normalized spacial score (nSPS) is 10.4. The fourth-order valence-electron chi connectivity index (χ4n) is 1.75. The van der Waals surface area contributed by atoms with E-state index < -0.39 is 0 Å². The number of hydrogen-bond acceptors (Lipinski definition) is 4. The van der Waals surface area contributed by atoms with Gasteiger partial charge in [-0.15, -0.1) is 0 Å². The van der Waals surface area contributed by atoms with Crippen molar-refractivity contribution in [3.63, 3.8) is 0 Å². The third-order valence-corrected chi connectivity index (χ3v) is 3.15. The lowest BCUT2D eigenvalue weighted by molar-refractivity contribution is 0.355. The standard InChI is InChI=1S/C16H16N2O2S/c1-19-14-9-8-12(10-15(14)20-2)11-17-18-16(21)13-6-4-3-5-7-13/h3-11H,1-2H3,(H,18,21)/b17-11+. The molecule has 0 fully saturated rings. The van der Waals surface area contributed by atoms with Crippen molar-refractivity contribution in [2.75, 3.05) is 14.2 Å². The molecule has 108 valence electrons. The van der Waals surface area contributed by atoms with Crippen LogP contribution in [-0.4, -0.2) is 25.4 Å². The minimum Gasteiger partial charge on any atom is -0.493 e. The van der Waals surface area contributed by atoms with E-state index in [0.717, 1.165) is 11.1 Å². The van der Waals surface area contributed by atoms with Crippen LogP contribution in [0, 0.1) is 0 Å². The monoisotopic (exact) mass is 300 g/mol. The van der Waals surface area contributed by atoms with Crippen LogP contribution in [0.15, 0.2) is 53.6 Å². The van der Waals surface area contributed by atoms with Gasteiger partial charge in [-0.25, -0.2) is 0 Å². The Morgan fingerprint density at radius 2 is 1.76 bits per heavy atom. The minimum atomic E-state index is 0.576. The minimum absolute atomic E-state index is 0.576. The van der Waals surface area contributed by atoms with Crippen molar-refractivity contribution in [1.29, 1.82) is 0 Å². The van der Waals surface area contributed by atoms with Gasteiger partial charge in [-0.2, -0.15) is 5.10 Å². The molecule has 0 unspecified atom stereocenters. The lowest BCUT2D eigenvalue weighted by Gasteiger charge is -2.07. The maximum Gasteiger partial charge on any atom is 0.161 e. The van der Waals surface area contributed by atoms with Gasteiger partial charge in [0.1, 0.15) is 4.99 Å². The second kappa shape index (κ2) is 7.40. The number of rotatable bonds is 5. The highest BCUT2D eigenvalue weighted by Crippen LogP contribution is 2.26. The molecule has 2 aromatic rings. The van der Waals surface area contributed by atoms with E-state index in [9.17, 15) is 0 Å². The highest BCUT2D eigenvalue weighted by Gasteiger charge is 2.03. The molecule has 0 aromatic heterocycles. The van der Waals surface area contributed by atoms with Crippen LogP contribution < -0.4 is 14.9 Å². The zero-order valence-corrected chi connectivity index (χ0v) is 12.7. The molecule has 1 N–H and O–H groups in total. The highest BCUT2D eigenvalue weighted by molar-refractivity contribution is 7.80. The number of thiocarbonyl (C=S) groups is 1. The number of nitrogens with zero attached hydrogens (tertiary/aromatic N) is 1. The quantitative estimate of drug-likeness (QED) is 0.524. The van der Waals surface area contributed by atoms with Gasteiger partial charge >= 0.3 is 0 Å². The summed E-state index contributed by atoms with van der Waals surface area (Å²) in [6, 6.07) is 15.2. The first kappa shape index (κ1) is 15.0. The van der Waals surface area contributed by atoms with Crippen LogP contribution in [0.5, 0.6) is 11.5 Å². The average molecular weight is 300 g/mol. The van der Waals surface area contributed by atoms with E-state index in [1.54, 1.807) is 20.4 Å². The maximum absolute atomic E-state index is 5.25. The van der Waals surface area contributed by atoms with Crippen molar-refractivity contribution in [3.8, 4) is 11.5 Å². The summed E-state index contributed by atoms with van der Waals surface area (Å²) in [5.74, 6) is 1.34. The van der Waals surface area contributed by atoms with Crippen LogP contribution in [0.1, 0.15) is 11.1 Å². The molecule has 2 rings (SSSR count). The first-order valence-electron chi connectivity index (χ1n) is 6.35. The number of methoxy groups -OCH3 is 2. The molecule has 0 saturated heterocycles. The Morgan fingerprint density at radius 3 is 2.43 bits per heavy atom. The molecule has 0 atom stereocenters. The van der Waals surface area contributed by atoms with Gasteiger partial charge in [0.25, 0.3) is 0 Å². The van der Waals surface area contributed by atoms with Crippen molar-refractivity contribution in [3.05, 3.63) is 59.7 Å². The Hall–Kier alpha value is -2.40. The van der Waals surface area contributed by atoms with Crippen LogP contribution >= 0.6 is 12.2 Å². The van der Waals surface area contributed by atoms with E-state index in [4.69, 9.17) is 21.7 Å². The Kier molecular flexibility index (Phi) is 5.29. The summed E-state index contributed by atoms with van der Waals surface area (Å²) in [7, 11) is 3.20. The second-order valence-electron chi connectivity index (χ2n) is 4.18. The fourth-order valence-corrected chi connectivity index (χ4v) is 1.94. The molecule has 4 nitrogen and oxygen atoms in total. The Balaban J connectivity index is 2.03. The molecule has 0 spiro atoms. The van der Waals surface area contributed by atoms with E-state index in [0.29, 0.717) is 16.5 Å². The first-order chi connectivity index (χ1) is 10.2. The Labute approximate surface area is 129 Å². The average Bonchev–Trinajstić information content (AvgIpc) is 2.55. The van der Waals surface area contributed by atoms with Crippen LogP contribution in [0.4, 0.5) is 0 Å². The van der Waals surface area contributed by atoms with Crippen molar-refractivity contribution in [2.45, 2.75) is 0 Å². The molecule has 0 amide bonds. The number of benzene rings is 2. The van der Waals surface area contributed by atoms with Crippen LogP contribution in [0.25, 0.3) is 0 Å². The predicted octanol–water partition coefficient (Wildman–Crippen LogP) is 3.00. The number of ether oxygens (including phenoxy) is 2. The van der Waals surface area contributed by atoms with Crippen LogP contribution in [0.3, 0.4) is 0 Å². The van der Waals surface area contributed by atoms with Crippen molar-refractivity contribution in [1.82, 2.24) is 5.43 Å². The lowest BCUT2D eigenvalue weighted by Crippen LogP contribution is -2.16. The molecule has 0 radical (unpaired) electrons. The van der Waals surface area contributed by atoms with Gasteiger partial charge < -0.3 is 9.47 Å². The van der Waals surface area contributed by atoms with E-state index >= 15 is 0 Å². The van der Waals surface area contributed by atoms with Crippen molar-refractivity contribution >= 4 is 23.4 Å². The van der Waals surface area contributed by atoms with Gasteiger partial charge in [0, 0.05) is 5.56 Å². The van der Waals surface area contributed by atoms with Gasteiger partial charge in [-0.1, -0.05) is 42.5 Å². The molecular formula is C16H16N2O2S. The SMILES string of the molecule is COc1ccc(/C=N/NC(=S)c2ccccc2)cc1OC. The number of hydrogen-bond donors (Lipinski definition) is 1. The summed E-state index contributed by atoms with van der Waals surface area (Å²) in [6.07, 6.45) is 1.68. The van der Waals surface area contributed by atoms with E-state index in [2.05, 4.69) is 10.5 Å². The van der Waals surface area contributed by atoms with Crippen molar-refractivity contribution in [2.24, 2.45) is 5.10 Å². The van der Waals surface area contributed by atoms with E-state index in [1.807, 2.05) is 48.5 Å². The largest absolute Gasteiger partial charge is 0.493 e. The third kappa shape index (κ3) is 4.03.